The number of halogens is 7. The monoisotopic (exact) mass is 436 g/mol. The predicted octanol–water partition coefficient (Wildman–Crippen LogP) is 4.64. The Bertz CT molecular complexity index is 922. The molecule has 0 aliphatic carbocycles. The third-order valence-electron chi connectivity index (χ3n) is 4.56. The first-order valence-corrected chi connectivity index (χ1v) is 8.79. The third kappa shape index (κ3) is 4.72. The van der Waals surface area contributed by atoms with Gasteiger partial charge in [-0.3, -0.25) is 9.78 Å². The van der Waals surface area contributed by atoms with Crippen molar-refractivity contribution in [1.82, 2.24) is 10.3 Å². The summed E-state index contributed by atoms with van der Waals surface area (Å²) in [5.74, 6) is -2.45. The molecule has 3 rings (SSSR count). The minimum absolute atomic E-state index is 0.287. The molecule has 0 saturated carbocycles. The van der Waals surface area contributed by atoms with Gasteiger partial charge in [0.2, 0.25) is 5.91 Å². The molecule has 0 radical (unpaired) electrons. The highest BCUT2D eigenvalue weighted by molar-refractivity contribution is 5.81. The van der Waals surface area contributed by atoms with E-state index in [0.717, 1.165) is 18.3 Å². The number of alkyl halides is 6. The molecule has 2 aromatic rings. The average molecular weight is 436 g/mol. The first-order chi connectivity index (χ1) is 14.0. The zero-order valence-electron chi connectivity index (χ0n) is 15.1. The molecule has 0 spiro atoms. The summed E-state index contributed by atoms with van der Waals surface area (Å²) in [6.07, 6.45) is -8.84. The summed E-state index contributed by atoms with van der Waals surface area (Å²) >= 11 is 0. The van der Waals surface area contributed by atoms with Gasteiger partial charge in [0.15, 0.2) is 0 Å². The highest BCUT2D eigenvalue weighted by Crippen LogP contribution is 2.37. The van der Waals surface area contributed by atoms with Gasteiger partial charge in [-0.1, -0.05) is 6.07 Å². The van der Waals surface area contributed by atoms with E-state index >= 15 is 0 Å². The highest BCUT2D eigenvalue weighted by Gasteiger charge is 2.39. The van der Waals surface area contributed by atoms with Gasteiger partial charge in [0, 0.05) is 12.8 Å². The lowest BCUT2D eigenvalue weighted by Crippen LogP contribution is -2.38. The third-order valence-corrected chi connectivity index (χ3v) is 4.56. The Morgan fingerprint density at radius 2 is 1.80 bits per heavy atom. The zero-order valence-corrected chi connectivity index (χ0v) is 15.1. The maximum Gasteiger partial charge on any atom is 0.419 e. The number of pyridine rings is 1. The topological polar surface area (TPSA) is 51.2 Å². The summed E-state index contributed by atoms with van der Waals surface area (Å²) in [4.78, 5) is 16.1. The van der Waals surface area contributed by atoms with Gasteiger partial charge in [0.25, 0.3) is 0 Å². The minimum Gasteiger partial charge on any atom is -0.368 e. The van der Waals surface area contributed by atoms with Crippen LogP contribution in [0.5, 0.6) is 0 Å². The van der Waals surface area contributed by atoms with Crippen molar-refractivity contribution >= 4 is 5.91 Å². The molecule has 1 saturated heterocycles. The van der Waals surface area contributed by atoms with Crippen LogP contribution in [0.1, 0.15) is 41.3 Å². The van der Waals surface area contributed by atoms with Crippen molar-refractivity contribution in [2.75, 3.05) is 6.61 Å². The summed E-state index contributed by atoms with van der Waals surface area (Å²) in [5, 5.41) is 2.32. The molecule has 1 N–H and O–H groups in total. The number of aromatic nitrogens is 1. The van der Waals surface area contributed by atoms with E-state index in [0.29, 0.717) is 31.0 Å². The molecule has 162 valence electrons. The molecule has 2 heterocycles. The Hall–Kier alpha value is -2.69. The Morgan fingerprint density at radius 3 is 2.37 bits per heavy atom. The Morgan fingerprint density at radius 1 is 1.10 bits per heavy atom. The first-order valence-electron chi connectivity index (χ1n) is 8.79. The summed E-state index contributed by atoms with van der Waals surface area (Å²) in [6.45, 7) is 0.287. The van der Waals surface area contributed by atoms with Crippen LogP contribution in [0.15, 0.2) is 36.5 Å². The highest BCUT2D eigenvalue weighted by atomic mass is 19.4. The molecule has 0 unspecified atom stereocenters. The summed E-state index contributed by atoms with van der Waals surface area (Å²) in [5.41, 5.74) is -3.78. The molecule has 0 bridgehead atoms. The van der Waals surface area contributed by atoms with E-state index in [2.05, 4.69) is 10.3 Å². The second kappa shape index (κ2) is 8.21. The van der Waals surface area contributed by atoms with E-state index in [4.69, 9.17) is 4.74 Å². The smallest absolute Gasteiger partial charge is 0.368 e. The van der Waals surface area contributed by atoms with Gasteiger partial charge >= 0.3 is 12.4 Å². The van der Waals surface area contributed by atoms with Gasteiger partial charge in [0.1, 0.15) is 11.9 Å². The number of rotatable bonds is 4. The fraction of sp³-hybridized carbons (Fsp3) is 0.368. The van der Waals surface area contributed by atoms with E-state index in [1.807, 2.05) is 0 Å². The molecule has 4 nitrogen and oxygen atoms in total. The summed E-state index contributed by atoms with van der Waals surface area (Å²) < 4.78 is 98.2. The number of nitrogens with one attached hydrogen (secondary N) is 1. The van der Waals surface area contributed by atoms with E-state index in [1.165, 1.54) is 0 Å². The number of ether oxygens (including phenoxy) is 1. The second-order valence-corrected chi connectivity index (χ2v) is 6.61. The number of benzene rings is 1. The second-order valence-electron chi connectivity index (χ2n) is 6.61. The van der Waals surface area contributed by atoms with Crippen LogP contribution in [0.25, 0.3) is 0 Å². The SMILES string of the molecule is O=C(N[C@@H](c1ccc(C(F)(F)F)c(F)c1)c1ncccc1C(F)(F)F)[C@H]1CCCO1. The summed E-state index contributed by atoms with van der Waals surface area (Å²) in [7, 11) is 0. The van der Waals surface area contributed by atoms with Crippen LogP contribution in [0.2, 0.25) is 0 Å². The quantitative estimate of drug-likeness (QED) is 0.711. The van der Waals surface area contributed by atoms with Crippen molar-refractivity contribution in [3.63, 3.8) is 0 Å². The molecule has 30 heavy (non-hydrogen) atoms. The van der Waals surface area contributed by atoms with E-state index in [9.17, 15) is 35.5 Å². The van der Waals surface area contributed by atoms with Crippen LogP contribution in [-0.2, 0) is 21.9 Å². The lowest BCUT2D eigenvalue weighted by molar-refractivity contribution is -0.140. The van der Waals surface area contributed by atoms with E-state index < -0.39 is 53.0 Å². The van der Waals surface area contributed by atoms with Crippen LogP contribution >= 0.6 is 0 Å². The van der Waals surface area contributed by atoms with Gasteiger partial charge < -0.3 is 10.1 Å². The van der Waals surface area contributed by atoms with Crippen molar-refractivity contribution in [2.24, 2.45) is 0 Å². The van der Waals surface area contributed by atoms with Crippen LogP contribution in [0.3, 0.4) is 0 Å². The number of carbonyl (C=O) groups is 1. The van der Waals surface area contributed by atoms with Gasteiger partial charge in [0.05, 0.1) is 22.9 Å². The van der Waals surface area contributed by atoms with Crippen molar-refractivity contribution in [1.29, 1.82) is 0 Å². The molecular formula is C19H15F7N2O2. The Kier molecular flexibility index (Phi) is 6.02. The predicted molar refractivity (Wildman–Crippen MR) is 89.6 cm³/mol. The van der Waals surface area contributed by atoms with Gasteiger partial charge in [-0.05, 0) is 42.7 Å². The fourth-order valence-corrected chi connectivity index (χ4v) is 3.16. The van der Waals surface area contributed by atoms with E-state index in [-0.39, 0.29) is 12.2 Å². The van der Waals surface area contributed by atoms with Gasteiger partial charge in [-0.2, -0.15) is 26.3 Å². The molecule has 1 aromatic heterocycles. The van der Waals surface area contributed by atoms with Crippen molar-refractivity contribution in [3.05, 3.63) is 64.7 Å². The number of hydrogen-bond acceptors (Lipinski definition) is 3. The normalized spacial score (nSPS) is 18.3. The standard InChI is InChI=1S/C19H15F7N2O2/c20-13-9-10(5-6-11(13)18(21,22)23)15(28-17(29)14-4-2-8-30-14)16-12(19(24,25)26)3-1-7-27-16/h1,3,5-7,9,14-15H,2,4,8H2,(H,28,29)/t14-,15+/m1/s1. The first kappa shape index (κ1) is 22.0. The van der Waals surface area contributed by atoms with Crippen LogP contribution in [-0.4, -0.2) is 23.6 Å². The number of carbonyl (C=O) groups excluding carboxylic acids is 1. The van der Waals surface area contributed by atoms with Crippen LogP contribution in [0.4, 0.5) is 30.7 Å². The molecule has 1 aliphatic heterocycles. The average Bonchev–Trinajstić information content (AvgIpc) is 3.19. The Balaban J connectivity index is 2.07. The summed E-state index contributed by atoms with van der Waals surface area (Å²) in [6, 6.07) is 1.76. The largest absolute Gasteiger partial charge is 0.419 e. The van der Waals surface area contributed by atoms with Crippen molar-refractivity contribution < 1.29 is 40.3 Å². The van der Waals surface area contributed by atoms with Crippen molar-refractivity contribution in [2.45, 2.75) is 37.3 Å². The van der Waals surface area contributed by atoms with Gasteiger partial charge in [-0.15, -0.1) is 0 Å². The molecule has 1 amide bonds. The number of amides is 1. The van der Waals surface area contributed by atoms with Crippen LogP contribution in [0, 0.1) is 5.82 Å². The lowest BCUT2D eigenvalue weighted by atomic mass is 9.97. The molecule has 11 heteroatoms. The maximum absolute atomic E-state index is 14.1. The minimum atomic E-state index is -4.98. The van der Waals surface area contributed by atoms with E-state index in [1.54, 1.807) is 0 Å². The molecule has 1 aliphatic rings. The molecular weight excluding hydrogens is 421 g/mol. The maximum atomic E-state index is 14.1. The number of hydrogen-bond donors (Lipinski definition) is 1. The van der Waals surface area contributed by atoms with Gasteiger partial charge in [-0.25, -0.2) is 4.39 Å². The Labute approximate surface area is 166 Å². The molecule has 1 aromatic carbocycles. The van der Waals surface area contributed by atoms with Crippen LogP contribution < -0.4 is 5.32 Å². The fourth-order valence-electron chi connectivity index (χ4n) is 3.16. The zero-order chi connectivity index (χ0) is 22.1. The molecule has 1 fully saturated rings. The van der Waals surface area contributed by atoms with Crippen molar-refractivity contribution in [3.8, 4) is 0 Å². The lowest BCUT2D eigenvalue weighted by Gasteiger charge is -2.24. The molecule has 2 atom stereocenters. The number of nitrogens with zero attached hydrogens (tertiary/aromatic N) is 1.